The summed E-state index contributed by atoms with van der Waals surface area (Å²) in [6.45, 7) is 2.14. The Morgan fingerprint density at radius 3 is 2.67 bits per heavy atom. The minimum absolute atomic E-state index is 0.454. The molecule has 106 valence electrons. The summed E-state index contributed by atoms with van der Waals surface area (Å²) in [5.74, 6) is 0. The number of hydrogen-bond acceptors (Lipinski definition) is 4. The molecule has 0 atom stereocenters. The normalized spacial score (nSPS) is 10.5. The third-order valence-electron chi connectivity index (χ3n) is 3.30. The molecule has 0 amide bonds. The summed E-state index contributed by atoms with van der Waals surface area (Å²) in [5, 5.41) is 3.10. The van der Waals surface area contributed by atoms with Gasteiger partial charge in [0.15, 0.2) is 0 Å². The number of oxazole rings is 1. The van der Waals surface area contributed by atoms with Gasteiger partial charge in [-0.15, -0.1) is 0 Å². The molecule has 0 aliphatic carbocycles. The lowest BCUT2D eigenvalue weighted by Crippen LogP contribution is -1.92. The van der Waals surface area contributed by atoms with Crippen molar-refractivity contribution in [2.24, 2.45) is 0 Å². The van der Waals surface area contributed by atoms with Crippen molar-refractivity contribution < 1.29 is 4.42 Å². The smallest absolute Gasteiger partial charge is 0.299 e. The van der Waals surface area contributed by atoms with Crippen molar-refractivity contribution in [2.45, 2.75) is 13.3 Å². The number of benzene rings is 2. The van der Waals surface area contributed by atoms with Crippen molar-refractivity contribution in [2.75, 3.05) is 11.1 Å². The van der Waals surface area contributed by atoms with Crippen LogP contribution in [0.5, 0.6) is 0 Å². The van der Waals surface area contributed by atoms with Gasteiger partial charge in [0.1, 0.15) is 12.0 Å². The first-order valence-electron chi connectivity index (χ1n) is 6.92. The van der Waals surface area contributed by atoms with E-state index in [-0.39, 0.29) is 0 Å². The molecular weight excluding hydrogens is 262 g/mol. The molecule has 0 saturated heterocycles. The quantitative estimate of drug-likeness (QED) is 0.701. The van der Waals surface area contributed by atoms with E-state index >= 15 is 0 Å². The van der Waals surface area contributed by atoms with Crippen LogP contribution in [0.25, 0.3) is 11.3 Å². The maximum Gasteiger partial charge on any atom is 0.299 e. The van der Waals surface area contributed by atoms with E-state index in [9.17, 15) is 0 Å². The average Bonchev–Trinajstić information content (AvgIpc) is 2.96. The minimum Gasteiger partial charge on any atom is -0.431 e. The number of aromatic nitrogens is 1. The van der Waals surface area contributed by atoms with Gasteiger partial charge >= 0.3 is 0 Å². The Labute approximate surface area is 123 Å². The summed E-state index contributed by atoms with van der Waals surface area (Å²) in [4.78, 5) is 4.44. The van der Waals surface area contributed by atoms with Crippen molar-refractivity contribution >= 4 is 17.4 Å². The Hall–Kier alpha value is -2.75. The van der Waals surface area contributed by atoms with Gasteiger partial charge in [0, 0.05) is 16.9 Å². The van der Waals surface area contributed by atoms with Gasteiger partial charge in [-0.2, -0.15) is 4.98 Å². The van der Waals surface area contributed by atoms with Gasteiger partial charge in [-0.05, 0) is 30.2 Å². The van der Waals surface area contributed by atoms with Crippen LogP contribution in [0.4, 0.5) is 17.4 Å². The average molecular weight is 279 g/mol. The second kappa shape index (κ2) is 5.71. The largest absolute Gasteiger partial charge is 0.431 e. The van der Waals surface area contributed by atoms with Crippen LogP contribution in [0.1, 0.15) is 12.5 Å². The molecule has 4 heteroatoms. The van der Waals surface area contributed by atoms with Gasteiger partial charge in [-0.25, -0.2) is 0 Å². The van der Waals surface area contributed by atoms with E-state index in [4.69, 9.17) is 10.2 Å². The molecule has 0 spiro atoms. The van der Waals surface area contributed by atoms with Crippen molar-refractivity contribution in [3.8, 4) is 11.3 Å². The number of nitrogens with zero attached hydrogens (tertiary/aromatic N) is 1. The zero-order valence-electron chi connectivity index (χ0n) is 11.8. The molecule has 3 N–H and O–H groups in total. The monoisotopic (exact) mass is 279 g/mol. The highest BCUT2D eigenvalue weighted by molar-refractivity contribution is 5.63. The van der Waals surface area contributed by atoms with Gasteiger partial charge in [-0.3, -0.25) is 0 Å². The Morgan fingerprint density at radius 1 is 1.14 bits per heavy atom. The molecule has 0 unspecified atom stereocenters. The first-order chi connectivity index (χ1) is 10.2. The molecular formula is C17H17N3O. The van der Waals surface area contributed by atoms with Crippen LogP contribution in [-0.4, -0.2) is 4.98 Å². The Bertz CT molecular complexity index is 732. The van der Waals surface area contributed by atoms with E-state index in [2.05, 4.69) is 41.5 Å². The fourth-order valence-electron chi connectivity index (χ4n) is 2.11. The fraction of sp³-hybridized carbons (Fsp3) is 0.118. The molecule has 4 nitrogen and oxygen atoms in total. The predicted molar refractivity (Wildman–Crippen MR) is 85.5 cm³/mol. The number of nitrogens with one attached hydrogen (secondary N) is 1. The molecule has 3 rings (SSSR count). The predicted octanol–water partition coefficient (Wildman–Crippen LogP) is 4.23. The summed E-state index contributed by atoms with van der Waals surface area (Å²) in [5.41, 5.74) is 10.4. The van der Waals surface area contributed by atoms with Gasteiger partial charge in [0.25, 0.3) is 6.01 Å². The molecule has 3 aromatic rings. The molecule has 0 aliphatic heterocycles. The summed E-state index contributed by atoms with van der Waals surface area (Å²) in [7, 11) is 0. The summed E-state index contributed by atoms with van der Waals surface area (Å²) in [6, 6.07) is 16.2. The van der Waals surface area contributed by atoms with Gasteiger partial charge in [-0.1, -0.05) is 37.3 Å². The van der Waals surface area contributed by atoms with Crippen LogP contribution >= 0.6 is 0 Å². The summed E-state index contributed by atoms with van der Waals surface area (Å²) >= 11 is 0. The van der Waals surface area contributed by atoms with E-state index in [0.29, 0.717) is 11.7 Å². The van der Waals surface area contributed by atoms with E-state index in [1.54, 1.807) is 6.26 Å². The number of aryl methyl sites for hydroxylation is 1. The SMILES string of the molecule is CCc1ccc(-c2coc(Nc3cccc(N)c3)n2)cc1. The topological polar surface area (TPSA) is 64.1 Å². The standard InChI is InChI=1S/C17H17N3O/c1-2-12-6-8-13(9-7-12)16-11-21-17(20-16)19-15-5-3-4-14(18)10-15/h3-11H,2,18H2,1H3,(H,19,20). The zero-order chi connectivity index (χ0) is 14.7. The molecule has 0 radical (unpaired) electrons. The lowest BCUT2D eigenvalue weighted by Gasteiger charge is -2.02. The third kappa shape index (κ3) is 3.05. The van der Waals surface area contributed by atoms with E-state index in [0.717, 1.165) is 23.4 Å². The van der Waals surface area contributed by atoms with E-state index < -0.39 is 0 Å². The molecule has 21 heavy (non-hydrogen) atoms. The molecule has 0 fully saturated rings. The van der Waals surface area contributed by atoms with Crippen molar-refractivity contribution in [1.29, 1.82) is 0 Å². The highest BCUT2D eigenvalue weighted by Gasteiger charge is 2.06. The molecule has 0 aliphatic rings. The number of nitrogens with two attached hydrogens (primary N) is 1. The number of nitrogen functional groups attached to an aromatic ring is 1. The van der Waals surface area contributed by atoms with Crippen LogP contribution in [0.15, 0.2) is 59.2 Å². The first-order valence-corrected chi connectivity index (χ1v) is 6.92. The zero-order valence-corrected chi connectivity index (χ0v) is 11.8. The number of hydrogen-bond donors (Lipinski definition) is 2. The molecule has 2 aromatic carbocycles. The van der Waals surface area contributed by atoms with Gasteiger partial charge in [0.2, 0.25) is 0 Å². The highest BCUT2D eigenvalue weighted by Crippen LogP contribution is 2.24. The van der Waals surface area contributed by atoms with Crippen molar-refractivity contribution in [3.63, 3.8) is 0 Å². The Kier molecular flexibility index (Phi) is 3.60. The molecule has 0 bridgehead atoms. The molecule has 1 aromatic heterocycles. The first kappa shape index (κ1) is 13.2. The van der Waals surface area contributed by atoms with E-state index in [1.807, 2.05) is 24.3 Å². The summed E-state index contributed by atoms with van der Waals surface area (Å²) in [6.07, 6.45) is 2.68. The lowest BCUT2D eigenvalue weighted by atomic mass is 10.1. The second-order valence-electron chi connectivity index (χ2n) is 4.84. The van der Waals surface area contributed by atoms with Crippen molar-refractivity contribution in [1.82, 2.24) is 4.98 Å². The van der Waals surface area contributed by atoms with Crippen molar-refractivity contribution in [3.05, 3.63) is 60.4 Å². The Balaban J connectivity index is 1.79. The maximum atomic E-state index is 5.74. The minimum atomic E-state index is 0.454. The van der Waals surface area contributed by atoms with Crippen LogP contribution < -0.4 is 11.1 Å². The van der Waals surface area contributed by atoms with Crippen LogP contribution in [0.3, 0.4) is 0 Å². The van der Waals surface area contributed by atoms with Crippen LogP contribution in [0, 0.1) is 0 Å². The lowest BCUT2D eigenvalue weighted by molar-refractivity contribution is 0.578. The number of rotatable bonds is 4. The second-order valence-corrected chi connectivity index (χ2v) is 4.84. The Morgan fingerprint density at radius 2 is 1.95 bits per heavy atom. The maximum absolute atomic E-state index is 5.74. The summed E-state index contributed by atoms with van der Waals surface area (Å²) < 4.78 is 5.46. The van der Waals surface area contributed by atoms with Crippen LogP contribution in [0.2, 0.25) is 0 Å². The van der Waals surface area contributed by atoms with Crippen LogP contribution in [-0.2, 0) is 6.42 Å². The van der Waals surface area contributed by atoms with Gasteiger partial charge in [0.05, 0.1) is 0 Å². The highest BCUT2D eigenvalue weighted by atomic mass is 16.4. The van der Waals surface area contributed by atoms with Gasteiger partial charge < -0.3 is 15.5 Å². The molecule has 1 heterocycles. The molecule has 0 saturated carbocycles. The fourth-order valence-corrected chi connectivity index (χ4v) is 2.11. The van der Waals surface area contributed by atoms with E-state index in [1.165, 1.54) is 5.56 Å². The number of anilines is 3. The third-order valence-corrected chi connectivity index (χ3v) is 3.30.